The Balaban J connectivity index is 1.73. The molecule has 1 aromatic heterocycles. The van der Waals surface area contributed by atoms with Crippen LogP contribution in [0.25, 0.3) is 0 Å². The maximum absolute atomic E-state index is 12.6. The van der Waals surface area contributed by atoms with Gasteiger partial charge in [-0.3, -0.25) is 10.00 Å². The number of ether oxygens (including phenoxy) is 1. The summed E-state index contributed by atoms with van der Waals surface area (Å²) in [5.74, 6) is 1.29. The first-order valence-electron chi connectivity index (χ1n) is 7.83. The normalized spacial score (nSPS) is 17.3. The number of hydrogen-bond donors (Lipinski definition) is 1. The third-order valence-corrected chi connectivity index (χ3v) is 4.09. The SMILES string of the molecule is CCn1cc(NC(=O)N2CCC[C@H]2c2cccc(OC)c2)nn1. The highest BCUT2D eigenvalue weighted by Gasteiger charge is 2.30. The van der Waals surface area contributed by atoms with Gasteiger partial charge in [0.1, 0.15) is 5.75 Å². The Hall–Kier alpha value is -2.57. The Kier molecular flexibility index (Phi) is 4.45. The van der Waals surface area contributed by atoms with Crippen LogP contribution in [0.15, 0.2) is 30.5 Å². The van der Waals surface area contributed by atoms with Crippen molar-refractivity contribution < 1.29 is 9.53 Å². The van der Waals surface area contributed by atoms with E-state index in [9.17, 15) is 4.79 Å². The molecule has 2 aromatic rings. The van der Waals surface area contributed by atoms with Crippen LogP contribution in [0.5, 0.6) is 5.75 Å². The summed E-state index contributed by atoms with van der Waals surface area (Å²) in [6.07, 6.45) is 3.66. The van der Waals surface area contributed by atoms with Crippen LogP contribution in [0.4, 0.5) is 10.6 Å². The van der Waals surface area contributed by atoms with Crippen molar-refractivity contribution in [3.05, 3.63) is 36.0 Å². The number of nitrogens with zero attached hydrogens (tertiary/aromatic N) is 4. The predicted molar refractivity (Wildman–Crippen MR) is 86.4 cm³/mol. The number of nitrogens with one attached hydrogen (secondary N) is 1. The summed E-state index contributed by atoms with van der Waals surface area (Å²) < 4.78 is 6.96. The molecule has 0 bridgehead atoms. The lowest BCUT2D eigenvalue weighted by atomic mass is 10.0. The Labute approximate surface area is 135 Å². The van der Waals surface area contributed by atoms with E-state index in [0.717, 1.165) is 37.2 Å². The summed E-state index contributed by atoms with van der Waals surface area (Å²) in [7, 11) is 1.65. The Morgan fingerprint density at radius 2 is 2.35 bits per heavy atom. The summed E-state index contributed by atoms with van der Waals surface area (Å²) in [5, 5.41) is 10.7. The zero-order valence-electron chi connectivity index (χ0n) is 13.4. The fourth-order valence-electron chi connectivity index (χ4n) is 2.90. The molecule has 1 N–H and O–H groups in total. The van der Waals surface area contributed by atoms with E-state index in [1.165, 1.54) is 0 Å². The van der Waals surface area contributed by atoms with E-state index in [2.05, 4.69) is 15.6 Å². The number of likely N-dealkylation sites (tertiary alicyclic amines) is 1. The van der Waals surface area contributed by atoms with Crippen molar-refractivity contribution in [3.63, 3.8) is 0 Å². The quantitative estimate of drug-likeness (QED) is 0.941. The zero-order valence-corrected chi connectivity index (χ0v) is 13.4. The van der Waals surface area contributed by atoms with Crippen molar-refractivity contribution in [3.8, 4) is 5.75 Å². The lowest BCUT2D eigenvalue weighted by Crippen LogP contribution is -2.34. The zero-order chi connectivity index (χ0) is 16.2. The van der Waals surface area contributed by atoms with E-state index in [1.54, 1.807) is 18.0 Å². The van der Waals surface area contributed by atoms with Crippen LogP contribution >= 0.6 is 0 Å². The van der Waals surface area contributed by atoms with Gasteiger partial charge in [0.25, 0.3) is 0 Å². The van der Waals surface area contributed by atoms with Gasteiger partial charge in [-0.05, 0) is 37.5 Å². The van der Waals surface area contributed by atoms with Gasteiger partial charge in [-0.2, -0.15) is 0 Å². The Morgan fingerprint density at radius 3 is 3.09 bits per heavy atom. The monoisotopic (exact) mass is 315 g/mol. The second kappa shape index (κ2) is 6.68. The summed E-state index contributed by atoms with van der Waals surface area (Å²) >= 11 is 0. The Bertz CT molecular complexity index is 685. The minimum atomic E-state index is -0.140. The van der Waals surface area contributed by atoms with E-state index in [0.29, 0.717) is 5.82 Å². The van der Waals surface area contributed by atoms with E-state index in [1.807, 2.05) is 36.1 Å². The van der Waals surface area contributed by atoms with Crippen molar-refractivity contribution in [1.82, 2.24) is 19.9 Å². The first-order chi connectivity index (χ1) is 11.2. The number of rotatable bonds is 4. The molecule has 1 atom stereocenters. The molecule has 0 radical (unpaired) electrons. The number of aromatic nitrogens is 3. The van der Waals surface area contributed by atoms with Gasteiger partial charge in [0, 0.05) is 13.1 Å². The van der Waals surface area contributed by atoms with Crippen LogP contribution in [0.1, 0.15) is 31.4 Å². The summed E-state index contributed by atoms with van der Waals surface area (Å²) in [6, 6.07) is 7.81. The molecule has 1 aromatic carbocycles. The van der Waals surface area contributed by atoms with E-state index < -0.39 is 0 Å². The first-order valence-corrected chi connectivity index (χ1v) is 7.83. The minimum Gasteiger partial charge on any atom is -0.497 e. The lowest BCUT2D eigenvalue weighted by Gasteiger charge is -2.25. The molecule has 7 heteroatoms. The topological polar surface area (TPSA) is 72.3 Å². The maximum atomic E-state index is 12.6. The van der Waals surface area contributed by atoms with Gasteiger partial charge in [-0.15, -0.1) is 5.10 Å². The average molecular weight is 315 g/mol. The van der Waals surface area contributed by atoms with Crippen LogP contribution in [-0.4, -0.2) is 39.6 Å². The highest BCUT2D eigenvalue weighted by Crippen LogP contribution is 2.33. The molecule has 0 saturated carbocycles. The van der Waals surface area contributed by atoms with Gasteiger partial charge in [-0.1, -0.05) is 17.3 Å². The number of amides is 2. The smallest absolute Gasteiger partial charge is 0.323 e. The number of hydrogen-bond acceptors (Lipinski definition) is 4. The summed E-state index contributed by atoms with van der Waals surface area (Å²) in [6.45, 7) is 3.42. The molecular formula is C16H21N5O2. The predicted octanol–water partition coefficient (Wildman–Crippen LogP) is 2.68. The number of methoxy groups -OCH3 is 1. The molecule has 0 aliphatic carbocycles. The van der Waals surface area contributed by atoms with Crippen molar-refractivity contribution in [1.29, 1.82) is 0 Å². The number of carbonyl (C=O) groups is 1. The molecule has 7 nitrogen and oxygen atoms in total. The van der Waals surface area contributed by atoms with Gasteiger partial charge in [-0.25, -0.2) is 4.79 Å². The van der Waals surface area contributed by atoms with Crippen molar-refractivity contribution in [2.75, 3.05) is 19.0 Å². The van der Waals surface area contributed by atoms with Crippen LogP contribution in [-0.2, 0) is 6.54 Å². The largest absolute Gasteiger partial charge is 0.497 e. The molecule has 1 aliphatic heterocycles. The molecule has 2 amide bonds. The molecular weight excluding hydrogens is 294 g/mol. The van der Waals surface area contributed by atoms with Crippen LogP contribution < -0.4 is 10.1 Å². The molecule has 122 valence electrons. The van der Waals surface area contributed by atoms with E-state index in [-0.39, 0.29) is 12.1 Å². The van der Waals surface area contributed by atoms with Gasteiger partial charge in [0.15, 0.2) is 5.82 Å². The molecule has 0 unspecified atom stereocenters. The molecule has 1 aliphatic rings. The fourth-order valence-corrected chi connectivity index (χ4v) is 2.90. The minimum absolute atomic E-state index is 0.0614. The van der Waals surface area contributed by atoms with Gasteiger partial charge in [0.2, 0.25) is 0 Å². The molecule has 3 rings (SSSR count). The van der Waals surface area contributed by atoms with E-state index >= 15 is 0 Å². The maximum Gasteiger partial charge on any atom is 0.323 e. The third kappa shape index (κ3) is 3.28. The lowest BCUT2D eigenvalue weighted by molar-refractivity contribution is 0.207. The van der Waals surface area contributed by atoms with Gasteiger partial charge < -0.3 is 9.64 Å². The Morgan fingerprint density at radius 1 is 1.48 bits per heavy atom. The van der Waals surface area contributed by atoms with E-state index in [4.69, 9.17) is 4.74 Å². The first kappa shape index (κ1) is 15.3. The fraction of sp³-hybridized carbons (Fsp3) is 0.438. The highest BCUT2D eigenvalue weighted by molar-refractivity contribution is 5.88. The van der Waals surface area contributed by atoms with Crippen LogP contribution in [0, 0.1) is 0 Å². The second-order valence-electron chi connectivity index (χ2n) is 5.52. The second-order valence-corrected chi connectivity index (χ2v) is 5.52. The number of anilines is 1. The van der Waals surface area contributed by atoms with Crippen molar-refractivity contribution in [2.45, 2.75) is 32.4 Å². The van der Waals surface area contributed by atoms with Gasteiger partial charge in [0.05, 0.1) is 19.3 Å². The van der Waals surface area contributed by atoms with Crippen molar-refractivity contribution >= 4 is 11.8 Å². The number of benzene rings is 1. The van der Waals surface area contributed by atoms with Gasteiger partial charge >= 0.3 is 6.03 Å². The average Bonchev–Trinajstić information content (AvgIpc) is 3.23. The van der Waals surface area contributed by atoms with Crippen LogP contribution in [0.3, 0.4) is 0 Å². The summed E-state index contributed by atoms with van der Waals surface area (Å²) in [5.41, 5.74) is 1.09. The highest BCUT2D eigenvalue weighted by atomic mass is 16.5. The molecule has 23 heavy (non-hydrogen) atoms. The number of urea groups is 1. The molecule has 0 spiro atoms. The number of aryl methyl sites for hydroxylation is 1. The summed E-state index contributed by atoms with van der Waals surface area (Å²) in [4.78, 5) is 14.4. The van der Waals surface area contributed by atoms with Crippen molar-refractivity contribution in [2.24, 2.45) is 0 Å². The molecule has 2 heterocycles. The third-order valence-electron chi connectivity index (χ3n) is 4.09. The molecule has 1 saturated heterocycles. The number of carbonyl (C=O) groups excluding carboxylic acids is 1. The van der Waals surface area contributed by atoms with Crippen LogP contribution in [0.2, 0.25) is 0 Å². The standard InChI is InChI=1S/C16H21N5O2/c1-3-20-11-15(18-19-20)17-16(22)21-9-5-8-14(21)12-6-4-7-13(10-12)23-2/h4,6-7,10-11,14H,3,5,8-9H2,1-2H3,(H,17,22)/t14-/m0/s1. The molecule has 1 fully saturated rings.